The summed E-state index contributed by atoms with van der Waals surface area (Å²) in [6, 6.07) is 0.293. The summed E-state index contributed by atoms with van der Waals surface area (Å²) in [6.07, 6.45) is 7.21. The van der Waals surface area contributed by atoms with Crippen molar-refractivity contribution in [1.29, 1.82) is 0 Å². The Bertz CT molecular complexity index is 439. The lowest BCUT2D eigenvalue weighted by atomic mass is 9.93. The summed E-state index contributed by atoms with van der Waals surface area (Å²) < 4.78 is 12.0. The van der Waals surface area contributed by atoms with E-state index in [0.29, 0.717) is 32.2 Å². The molecule has 3 fully saturated rings. The van der Waals surface area contributed by atoms with Gasteiger partial charge in [0.25, 0.3) is 0 Å². The fraction of sp³-hybridized carbons (Fsp3) is 0.947. The van der Waals surface area contributed by atoms with E-state index in [-0.39, 0.29) is 18.1 Å². The molecular formula is C19H34N2O4. The number of aliphatic hydroxyl groups is 1. The molecule has 0 aromatic carbocycles. The third-order valence-corrected chi connectivity index (χ3v) is 5.96. The van der Waals surface area contributed by atoms with Crippen LogP contribution in [0.5, 0.6) is 0 Å². The zero-order chi connectivity index (χ0) is 17.8. The first-order valence-corrected chi connectivity index (χ1v) is 9.88. The Balaban J connectivity index is 1.63. The third kappa shape index (κ3) is 5.16. The van der Waals surface area contributed by atoms with Crippen LogP contribution >= 0.6 is 0 Å². The van der Waals surface area contributed by atoms with Gasteiger partial charge < -0.3 is 19.5 Å². The third-order valence-electron chi connectivity index (χ3n) is 5.96. The Morgan fingerprint density at radius 2 is 1.92 bits per heavy atom. The standard InChI is InChI=1S/C19H34N2O4/c1-20(2)19(23)9-16-7-8-17-18(25-16)13-24-12-15(22)11-21(17)10-14-5-3-4-6-14/h14-18,22H,3-13H2,1-2H3/t15-,16-,17+,18-/m0/s1. The van der Waals surface area contributed by atoms with Crippen molar-refractivity contribution >= 4 is 5.91 Å². The zero-order valence-electron chi connectivity index (χ0n) is 15.7. The van der Waals surface area contributed by atoms with Crippen molar-refractivity contribution in [3.05, 3.63) is 0 Å². The van der Waals surface area contributed by atoms with E-state index in [4.69, 9.17) is 9.47 Å². The van der Waals surface area contributed by atoms with Crippen molar-refractivity contribution < 1.29 is 19.4 Å². The highest BCUT2D eigenvalue weighted by Crippen LogP contribution is 2.31. The van der Waals surface area contributed by atoms with Gasteiger partial charge in [0.2, 0.25) is 5.91 Å². The predicted octanol–water partition coefficient (Wildman–Crippen LogP) is 1.26. The molecule has 2 saturated heterocycles. The molecule has 25 heavy (non-hydrogen) atoms. The van der Waals surface area contributed by atoms with Gasteiger partial charge in [-0.3, -0.25) is 9.69 Å². The number of aliphatic hydroxyl groups excluding tert-OH is 1. The molecule has 1 N–H and O–H groups in total. The van der Waals surface area contributed by atoms with Crippen LogP contribution in [0.1, 0.15) is 44.9 Å². The van der Waals surface area contributed by atoms with Gasteiger partial charge in [-0.15, -0.1) is 0 Å². The van der Waals surface area contributed by atoms with Crippen molar-refractivity contribution in [3.63, 3.8) is 0 Å². The van der Waals surface area contributed by atoms with E-state index in [1.54, 1.807) is 19.0 Å². The van der Waals surface area contributed by atoms with Crippen LogP contribution in [0.15, 0.2) is 0 Å². The normalized spacial score (nSPS) is 35.0. The quantitative estimate of drug-likeness (QED) is 0.824. The molecular weight excluding hydrogens is 320 g/mol. The Hall–Kier alpha value is -0.690. The molecule has 2 heterocycles. The lowest BCUT2D eigenvalue weighted by Crippen LogP contribution is -2.56. The summed E-state index contributed by atoms with van der Waals surface area (Å²) in [5.41, 5.74) is 0. The van der Waals surface area contributed by atoms with Crippen molar-refractivity contribution in [1.82, 2.24) is 9.80 Å². The summed E-state index contributed by atoms with van der Waals surface area (Å²) in [5.74, 6) is 0.870. The van der Waals surface area contributed by atoms with Gasteiger partial charge in [-0.2, -0.15) is 0 Å². The van der Waals surface area contributed by atoms with E-state index in [0.717, 1.165) is 25.3 Å². The molecule has 1 aliphatic carbocycles. The molecule has 6 nitrogen and oxygen atoms in total. The van der Waals surface area contributed by atoms with Gasteiger partial charge >= 0.3 is 0 Å². The predicted molar refractivity (Wildman–Crippen MR) is 95.4 cm³/mol. The van der Waals surface area contributed by atoms with Crippen molar-refractivity contribution in [3.8, 4) is 0 Å². The molecule has 3 rings (SSSR count). The zero-order valence-corrected chi connectivity index (χ0v) is 15.7. The second-order valence-corrected chi connectivity index (χ2v) is 8.23. The number of hydrogen-bond acceptors (Lipinski definition) is 5. The molecule has 6 heteroatoms. The fourth-order valence-corrected chi connectivity index (χ4v) is 4.56. The lowest BCUT2D eigenvalue weighted by Gasteiger charge is -2.45. The number of fused-ring (bicyclic) bond motifs is 1. The molecule has 1 amide bonds. The summed E-state index contributed by atoms with van der Waals surface area (Å²) in [6.45, 7) is 2.61. The van der Waals surface area contributed by atoms with Crippen LogP contribution < -0.4 is 0 Å². The number of nitrogens with zero attached hydrogens (tertiary/aromatic N) is 2. The van der Waals surface area contributed by atoms with Gasteiger partial charge in [-0.1, -0.05) is 12.8 Å². The Labute approximate surface area is 151 Å². The largest absolute Gasteiger partial charge is 0.389 e. The van der Waals surface area contributed by atoms with E-state index in [9.17, 15) is 9.90 Å². The second-order valence-electron chi connectivity index (χ2n) is 8.23. The smallest absolute Gasteiger partial charge is 0.224 e. The van der Waals surface area contributed by atoms with Crippen LogP contribution in [0.4, 0.5) is 0 Å². The molecule has 0 unspecified atom stereocenters. The minimum Gasteiger partial charge on any atom is -0.389 e. The molecule has 144 valence electrons. The summed E-state index contributed by atoms with van der Waals surface area (Å²) in [5, 5.41) is 10.2. The van der Waals surface area contributed by atoms with Crippen LogP contribution in [-0.4, -0.2) is 85.6 Å². The second kappa shape index (κ2) is 8.80. The number of amides is 1. The van der Waals surface area contributed by atoms with Gasteiger partial charge in [0.15, 0.2) is 0 Å². The van der Waals surface area contributed by atoms with Gasteiger partial charge in [0.05, 0.1) is 37.9 Å². The van der Waals surface area contributed by atoms with Gasteiger partial charge in [-0.25, -0.2) is 0 Å². The van der Waals surface area contributed by atoms with E-state index >= 15 is 0 Å². The molecule has 0 aromatic heterocycles. The van der Waals surface area contributed by atoms with Gasteiger partial charge in [-0.05, 0) is 31.6 Å². The van der Waals surface area contributed by atoms with Crippen molar-refractivity contribution in [2.24, 2.45) is 5.92 Å². The first-order chi connectivity index (χ1) is 12.0. The first kappa shape index (κ1) is 19.1. The number of β-amino-alcohol motifs (C(OH)–C–C–N with tert-alkyl or cyclic N) is 1. The molecule has 0 spiro atoms. The number of carbonyl (C=O) groups is 1. The van der Waals surface area contributed by atoms with Crippen LogP contribution in [0.2, 0.25) is 0 Å². The SMILES string of the molecule is CN(C)C(=O)C[C@@H]1CC[C@@H]2[C@H](COC[C@@H](O)CN2CC2CCCC2)O1. The highest BCUT2D eigenvalue weighted by molar-refractivity contribution is 5.76. The van der Waals surface area contributed by atoms with Gasteiger partial charge in [0.1, 0.15) is 0 Å². The van der Waals surface area contributed by atoms with E-state index in [1.165, 1.54) is 25.7 Å². The van der Waals surface area contributed by atoms with Crippen LogP contribution in [0.25, 0.3) is 0 Å². The Morgan fingerprint density at radius 3 is 2.64 bits per heavy atom. The molecule has 1 saturated carbocycles. The summed E-state index contributed by atoms with van der Waals surface area (Å²) >= 11 is 0. The minimum atomic E-state index is -0.421. The number of hydrogen-bond donors (Lipinski definition) is 1. The Morgan fingerprint density at radius 1 is 1.16 bits per heavy atom. The molecule has 4 atom stereocenters. The average Bonchev–Trinajstić information content (AvgIpc) is 3.06. The molecule has 2 aliphatic heterocycles. The van der Waals surface area contributed by atoms with Crippen LogP contribution in [0.3, 0.4) is 0 Å². The van der Waals surface area contributed by atoms with Crippen molar-refractivity contribution in [2.45, 2.75) is 69.3 Å². The van der Waals surface area contributed by atoms with E-state index < -0.39 is 6.10 Å². The van der Waals surface area contributed by atoms with Crippen LogP contribution in [0, 0.1) is 5.92 Å². The minimum absolute atomic E-state index is 0.00242. The summed E-state index contributed by atoms with van der Waals surface area (Å²) in [4.78, 5) is 16.1. The summed E-state index contributed by atoms with van der Waals surface area (Å²) in [7, 11) is 3.58. The first-order valence-electron chi connectivity index (χ1n) is 9.88. The highest BCUT2D eigenvalue weighted by atomic mass is 16.5. The van der Waals surface area contributed by atoms with Crippen molar-refractivity contribution in [2.75, 3.05) is 40.4 Å². The fourth-order valence-electron chi connectivity index (χ4n) is 4.56. The Kier molecular flexibility index (Phi) is 6.72. The highest BCUT2D eigenvalue weighted by Gasteiger charge is 2.38. The monoisotopic (exact) mass is 354 g/mol. The molecule has 3 aliphatic rings. The molecule has 0 aromatic rings. The maximum absolute atomic E-state index is 12.0. The maximum atomic E-state index is 12.0. The number of carbonyl (C=O) groups excluding carboxylic acids is 1. The van der Waals surface area contributed by atoms with E-state index in [1.807, 2.05) is 0 Å². The van der Waals surface area contributed by atoms with E-state index in [2.05, 4.69) is 4.90 Å². The number of ether oxygens (including phenoxy) is 2. The van der Waals surface area contributed by atoms with Gasteiger partial charge in [0, 0.05) is 33.2 Å². The number of rotatable bonds is 4. The lowest BCUT2D eigenvalue weighted by molar-refractivity contribution is -0.160. The van der Waals surface area contributed by atoms with Crippen LogP contribution in [-0.2, 0) is 14.3 Å². The average molecular weight is 354 g/mol. The maximum Gasteiger partial charge on any atom is 0.224 e. The molecule has 0 bridgehead atoms. The topological polar surface area (TPSA) is 62.2 Å². The molecule has 0 radical (unpaired) electrons.